The molecular formula is C20H26IN5. The number of aryl methyl sites for hydroxylation is 1. The number of para-hydroxylation sites is 1. The first-order valence-electron chi connectivity index (χ1n) is 8.74. The third-order valence-electron chi connectivity index (χ3n) is 4.34. The number of nitrogens with zero attached hydrogens (tertiary/aromatic N) is 2. The maximum atomic E-state index is 4.31. The second-order valence-electron chi connectivity index (χ2n) is 5.93. The standard InChI is InChI=1S/C20H25N5.HI/c1-3-15-7-6-9-18-16(13-24-19(15)18)10-12-23-20(21-2)25-14-17-8-4-5-11-22-17;/h4-9,11,13,24H,3,10,12,14H2,1-2H3,(H2,21,23,25);1H. The number of rotatable bonds is 6. The van der Waals surface area contributed by atoms with Gasteiger partial charge in [-0.15, -0.1) is 24.0 Å². The average molecular weight is 463 g/mol. The molecule has 0 radical (unpaired) electrons. The molecule has 5 nitrogen and oxygen atoms in total. The van der Waals surface area contributed by atoms with Crippen LogP contribution in [0.25, 0.3) is 10.9 Å². The molecule has 0 aliphatic heterocycles. The number of aromatic amines is 1. The van der Waals surface area contributed by atoms with Crippen LogP contribution in [-0.2, 0) is 19.4 Å². The van der Waals surface area contributed by atoms with Crippen molar-refractivity contribution in [3.63, 3.8) is 0 Å². The van der Waals surface area contributed by atoms with Crippen LogP contribution in [0.5, 0.6) is 0 Å². The summed E-state index contributed by atoms with van der Waals surface area (Å²) in [5.74, 6) is 0.791. The fourth-order valence-electron chi connectivity index (χ4n) is 2.99. The van der Waals surface area contributed by atoms with Crippen LogP contribution in [0.3, 0.4) is 0 Å². The van der Waals surface area contributed by atoms with Crippen molar-refractivity contribution in [2.75, 3.05) is 13.6 Å². The van der Waals surface area contributed by atoms with Gasteiger partial charge in [0.2, 0.25) is 0 Å². The highest BCUT2D eigenvalue weighted by Crippen LogP contribution is 2.22. The van der Waals surface area contributed by atoms with Gasteiger partial charge in [0.05, 0.1) is 12.2 Å². The Morgan fingerprint density at radius 3 is 2.73 bits per heavy atom. The number of hydrogen-bond donors (Lipinski definition) is 3. The number of benzene rings is 1. The zero-order valence-corrected chi connectivity index (χ0v) is 17.6. The molecule has 2 heterocycles. The Labute approximate surface area is 171 Å². The summed E-state index contributed by atoms with van der Waals surface area (Å²) < 4.78 is 0. The highest BCUT2D eigenvalue weighted by Gasteiger charge is 2.06. The molecule has 0 saturated carbocycles. The minimum Gasteiger partial charge on any atom is -0.361 e. The maximum absolute atomic E-state index is 4.31. The number of halogens is 1. The summed E-state index contributed by atoms with van der Waals surface area (Å²) in [7, 11) is 1.78. The van der Waals surface area contributed by atoms with E-state index in [-0.39, 0.29) is 24.0 Å². The Kier molecular flexibility index (Phi) is 7.90. The number of aromatic nitrogens is 2. The van der Waals surface area contributed by atoms with Crippen LogP contribution in [0.2, 0.25) is 0 Å². The molecule has 3 aromatic rings. The topological polar surface area (TPSA) is 65.1 Å². The van der Waals surface area contributed by atoms with Gasteiger partial charge in [-0.2, -0.15) is 0 Å². The summed E-state index contributed by atoms with van der Waals surface area (Å²) >= 11 is 0. The van der Waals surface area contributed by atoms with E-state index in [1.807, 2.05) is 18.2 Å². The van der Waals surface area contributed by atoms with Crippen molar-refractivity contribution in [2.24, 2.45) is 4.99 Å². The zero-order valence-electron chi connectivity index (χ0n) is 15.2. The second-order valence-corrected chi connectivity index (χ2v) is 5.93. The van der Waals surface area contributed by atoms with Gasteiger partial charge in [-0.25, -0.2) is 0 Å². The van der Waals surface area contributed by atoms with Crippen molar-refractivity contribution in [2.45, 2.75) is 26.3 Å². The third-order valence-corrected chi connectivity index (χ3v) is 4.34. The summed E-state index contributed by atoms with van der Waals surface area (Å²) in [5, 5.41) is 7.98. The lowest BCUT2D eigenvalue weighted by atomic mass is 10.1. The van der Waals surface area contributed by atoms with Crippen LogP contribution < -0.4 is 10.6 Å². The Hall–Kier alpha value is -2.09. The van der Waals surface area contributed by atoms with Crippen molar-refractivity contribution >= 4 is 40.8 Å². The molecular weight excluding hydrogens is 437 g/mol. The molecule has 0 spiro atoms. The second kappa shape index (κ2) is 10.2. The molecule has 3 N–H and O–H groups in total. The zero-order chi connectivity index (χ0) is 17.5. The van der Waals surface area contributed by atoms with Crippen molar-refractivity contribution in [1.82, 2.24) is 20.6 Å². The maximum Gasteiger partial charge on any atom is 0.191 e. The first kappa shape index (κ1) is 20.2. The van der Waals surface area contributed by atoms with Gasteiger partial charge in [0.1, 0.15) is 0 Å². The van der Waals surface area contributed by atoms with Gasteiger partial charge in [0.25, 0.3) is 0 Å². The Bertz CT molecular complexity index is 842. The minimum atomic E-state index is 0. The van der Waals surface area contributed by atoms with E-state index in [2.05, 4.69) is 56.9 Å². The van der Waals surface area contributed by atoms with Crippen molar-refractivity contribution < 1.29 is 0 Å². The lowest BCUT2D eigenvalue weighted by Crippen LogP contribution is -2.38. The number of aliphatic imine (C=N–C) groups is 1. The lowest BCUT2D eigenvalue weighted by Gasteiger charge is -2.11. The van der Waals surface area contributed by atoms with E-state index in [1.165, 1.54) is 22.0 Å². The van der Waals surface area contributed by atoms with Gasteiger partial charge >= 0.3 is 0 Å². The summed E-state index contributed by atoms with van der Waals surface area (Å²) in [6.07, 6.45) is 5.90. The lowest BCUT2D eigenvalue weighted by molar-refractivity contribution is 0.785. The molecule has 0 atom stereocenters. The molecule has 0 fully saturated rings. The SMILES string of the molecule is CCc1cccc2c(CCNC(=NC)NCc3ccccn3)c[nH]c12.I. The highest BCUT2D eigenvalue weighted by molar-refractivity contribution is 14.0. The van der Waals surface area contributed by atoms with Gasteiger partial charge in [-0.3, -0.25) is 9.98 Å². The molecule has 0 saturated heterocycles. The number of pyridine rings is 1. The van der Waals surface area contributed by atoms with E-state index in [9.17, 15) is 0 Å². The Morgan fingerprint density at radius 1 is 1.12 bits per heavy atom. The number of H-pyrrole nitrogens is 1. The largest absolute Gasteiger partial charge is 0.361 e. The van der Waals surface area contributed by atoms with Crippen LogP contribution in [0.15, 0.2) is 53.8 Å². The predicted octanol–water partition coefficient (Wildman–Crippen LogP) is 3.65. The van der Waals surface area contributed by atoms with Crippen LogP contribution in [0.1, 0.15) is 23.7 Å². The van der Waals surface area contributed by atoms with Crippen LogP contribution in [0.4, 0.5) is 0 Å². The first-order valence-corrected chi connectivity index (χ1v) is 8.74. The molecule has 138 valence electrons. The van der Waals surface area contributed by atoms with Gasteiger partial charge in [0, 0.05) is 36.9 Å². The molecule has 0 bridgehead atoms. The Balaban J connectivity index is 0.00000243. The highest BCUT2D eigenvalue weighted by atomic mass is 127. The fraction of sp³-hybridized carbons (Fsp3) is 0.300. The molecule has 6 heteroatoms. The normalized spacial score (nSPS) is 11.2. The number of fused-ring (bicyclic) bond motifs is 1. The number of hydrogen-bond acceptors (Lipinski definition) is 2. The van der Waals surface area contributed by atoms with Gasteiger partial charge in [0.15, 0.2) is 5.96 Å². The van der Waals surface area contributed by atoms with Gasteiger partial charge in [-0.1, -0.05) is 31.2 Å². The van der Waals surface area contributed by atoms with E-state index in [0.717, 1.165) is 31.0 Å². The number of nitrogens with one attached hydrogen (secondary N) is 3. The molecule has 3 rings (SSSR count). The molecule has 2 aromatic heterocycles. The van der Waals surface area contributed by atoms with Crippen molar-refractivity contribution in [1.29, 1.82) is 0 Å². The van der Waals surface area contributed by atoms with Gasteiger partial charge in [-0.05, 0) is 36.1 Å². The van der Waals surface area contributed by atoms with E-state index in [4.69, 9.17) is 0 Å². The average Bonchev–Trinajstić information content (AvgIpc) is 3.08. The number of guanidine groups is 1. The van der Waals surface area contributed by atoms with E-state index < -0.39 is 0 Å². The van der Waals surface area contributed by atoms with E-state index in [0.29, 0.717) is 6.54 Å². The first-order chi connectivity index (χ1) is 12.3. The van der Waals surface area contributed by atoms with Crippen LogP contribution in [-0.4, -0.2) is 29.5 Å². The molecule has 0 amide bonds. The fourth-order valence-corrected chi connectivity index (χ4v) is 2.99. The van der Waals surface area contributed by atoms with Crippen molar-refractivity contribution in [3.05, 3.63) is 65.6 Å². The predicted molar refractivity (Wildman–Crippen MR) is 119 cm³/mol. The van der Waals surface area contributed by atoms with Crippen LogP contribution in [0, 0.1) is 0 Å². The van der Waals surface area contributed by atoms with Crippen molar-refractivity contribution in [3.8, 4) is 0 Å². The Morgan fingerprint density at radius 2 is 2.00 bits per heavy atom. The summed E-state index contributed by atoms with van der Waals surface area (Å²) in [6.45, 7) is 3.67. The summed E-state index contributed by atoms with van der Waals surface area (Å²) in [5.41, 5.74) is 4.95. The smallest absolute Gasteiger partial charge is 0.191 e. The molecule has 1 aromatic carbocycles. The quantitative estimate of drug-likeness (QED) is 0.297. The minimum absolute atomic E-state index is 0. The molecule has 0 aliphatic carbocycles. The monoisotopic (exact) mass is 463 g/mol. The van der Waals surface area contributed by atoms with E-state index >= 15 is 0 Å². The molecule has 0 aliphatic rings. The third kappa shape index (κ3) is 4.97. The molecule has 0 unspecified atom stereocenters. The van der Waals surface area contributed by atoms with E-state index in [1.54, 1.807) is 13.2 Å². The summed E-state index contributed by atoms with van der Waals surface area (Å²) in [4.78, 5) is 12.0. The van der Waals surface area contributed by atoms with Crippen LogP contribution >= 0.6 is 24.0 Å². The van der Waals surface area contributed by atoms with Gasteiger partial charge < -0.3 is 15.6 Å². The summed E-state index contributed by atoms with van der Waals surface area (Å²) in [6, 6.07) is 12.4. The molecule has 26 heavy (non-hydrogen) atoms.